The Bertz CT molecular complexity index is 458. The fourth-order valence-electron chi connectivity index (χ4n) is 0.768. The molecule has 0 saturated carbocycles. The second-order valence-corrected chi connectivity index (χ2v) is 3.57. The van der Waals surface area contributed by atoms with Crippen LogP contribution in [-0.2, 0) is 4.79 Å². The molecule has 1 amide bonds. The molecule has 11 heteroatoms. The predicted molar refractivity (Wildman–Crippen MR) is 51.7 cm³/mol. The van der Waals surface area contributed by atoms with Gasteiger partial charge in [-0.15, -0.1) is 0 Å². The number of rotatable bonds is 2. The number of nitrogens with zero attached hydrogens (tertiary/aromatic N) is 2. The third kappa shape index (κ3) is 2.78. The van der Waals surface area contributed by atoms with Crippen LogP contribution >= 0.6 is 23.2 Å². The zero-order chi connectivity index (χ0) is 14.1. The molecule has 1 heterocycles. The van der Waals surface area contributed by atoms with Crippen LogP contribution in [0.25, 0.3) is 0 Å². The Hall–Kier alpha value is -1.22. The van der Waals surface area contributed by atoms with E-state index in [0.29, 0.717) is 0 Å². The maximum absolute atomic E-state index is 12.6. The molecule has 100 valence electrons. The van der Waals surface area contributed by atoms with Crippen molar-refractivity contribution in [3.63, 3.8) is 0 Å². The SMILES string of the molecule is O=C(Nc1c(Cl)ncnc1Cl)C(F)(F)C(F)(F)F. The van der Waals surface area contributed by atoms with Crippen LogP contribution in [0, 0.1) is 0 Å². The molecule has 1 rings (SSSR count). The monoisotopic (exact) mass is 309 g/mol. The van der Waals surface area contributed by atoms with E-state index in [4.69, 9.17) is 23.2 Å². The second-order valence-electron chi connectivity index (χ2n) is 2.86. The lowest BCUT2D eigenvalue weighted by Crippen LogP contribution is -2.47. The summed E-state index contributed by atoms with van der Waals surface area (Å²) in [6.07, 6.45) is -5.20. The lowest BCUT2D eigenvalue weighted by molar-refractivity contribution is -0.267. The molecule has 0 fully saturated rings. The molecule has 0 saturated heterocycles. The summed E-state index contributed by atoms with van der Waals surface area (Å²) in [6.45, 7) is 0. The summed E-state index contributed by atoms with van der Waals surface area (Å²) in [5.41, 5.74) is -0.727. The van der Waals surface area contributed by atoms with Gasteiger partial charge in [0.05, 0.1) is 0 Å². The van der Waals surface area contributed by atoms with Gasteiger partial charge in [0.15, 0.2) is 10.3 Å². The highest BCUT2D eigenvalue weighted by Gasteiger charge is 2.63. The molecule has 0 bridgehead atoms. The first-order chi connectivity index (χ1) is 8.07. The van der Waals surface area contributed by atoms with E-state index >= 15 is 0 Å². The van der Waals surface area contributed by atoms with E-state index in [9.17, 15) is 26.7 Å². The van der Waals surface area contributed by atoms with Crippen LogP contribution in [0.4, 0.5) is 27.6 Å². The zero-order valence-corrected chi connectivity index (χ0v) is 9.54. The summed E-state index contributed by atoms with van der Waals surface area (Å²) < 4.78 is 60.9. The van der Waals surface area contributed by atoms with Crippen molar-refractivity contribution in [2.45, 2.75) is 12.1 Å². The molecule has 0 radical (unpaired) electrons. The summed E-state index contributed by atoms with van der Waals surface area (Å²) in [5.74, 6) is -8.22. The highest BCUT2D eigenvalue weighted by atomic mass is 35.5. The van der Waals surface area contributed by atoms with Crippen molar-refractivity contribution in [2.75, 3.05) is 5.32 Å². The molecule has 0 unspecified atom stereocenters. The lowest BCUT2D eigenvalue weighted by atomic mass is 10.3. The van der Waals surface area contributed by atoms with Crippen LogP contribution in [0.5, 0.6) is 0 Å². The Kier molecular flexibility index (Phi) is 3.96. The number of anilines is 1. The van der Waals surface area contributed by atoms with Gasteiger partial charge in [-0.25, -0.2) is 9.97 Å². The number of amides is 1. The Balaban J connectivity index is 3.03. The number of hydrogen-bond acceptors (Lipinski definition) is 3. The maximum Gasteiger partial charge on any atom is 0.463 e. The summed E-state index contributed by atoms with van der Waals surface area (Å²) in [6, 6.07) is 0. The molecule has 0 aliphatic carbocycles. The van der Waals surface area contributed by atoms with Gasteiger partial charge in [0.1, 0.15) is 12.0 Å². The van der Waals surface area contributed by atoms with Crippen LogP contribution < -0.4 is 5.32 Å². The van der Waals surface area contributed by atoms with Crippen LogP contribution in [0.1, 0.15) is 0 Å². The van der Waals surface area contributed by atoms with E-state index in [1.165, 1.54) is 5.32 Å². The number of nitrogens with one attached hydrogen (secondary N) is 1. The molecule has 0 aromatic carbocycles. The third-order valence-electron chi connectivity index (χ3n) is 1.63. The van der Waals surface area contributed by atoms with E-state index in [1.807, 2.05) is 0 Å². The molecule has 0 spiro atoms. The molecule has 4 nitrogen and oxygen atoms in total. The fraction of sp³-hybridized carbons (Fsp3) is 0.286. The molecule has 0 aliphatic heterocycles. The molecule has 1 aromatic rings. The van der Waals surface area contributed by atoms with Gasteiger partial charge in [-0.3, -0.25) is 4.79 Å². The minimum atomic E-state index is -6.04. The standard InChI is InChI=1S/C7H2Cl2F5N3O/c8-3-2(4(9)16-1-15-3)17-5(18)6(10,11)7(12,13)14/h1H,(H,17,18). The van der Waals surface area contributed by atoms with Crippen molar-refractivity contribution in [3.8, 4) is 0 Å². The van der Waals surface area contributed by atoms with Crippen LogP contribution in [-0.4, -0.2) is 28.0 Å². The van der Waals surface area contributed by atoms with E-state index in [2.05, 4.69) is 9.97 Å². The predicted octanol–water partition coefficient (Wildman–Crippen LogP) is 2.92. The number of carbonyl (C=O) groups excluding carboxylic acids is 1. The number of carbonyl (C=O) groups is 1. The van der Waals surface area contributed by atoms with Crippen LogP contribution in [0.2, 0.25) is 10.3 Å². The molecule has 18 heavy (non-hydrogen) atoms. The van der Waals surface area contributed by atoms with Crippen LogP contribution in [0.15, 0.2) is 6.33 Å². The third-order valence-corrected chi connectivity index (χ3v) is 2.21. The average Bonchev–Trinajstić information content (AvgIpc) is 2.21. The maximum atomic E-state index is 12.6. The van der Waals surface area contributed by atoms with Gasteiger partial charge in [0.2, 0.25) is 0 Å². The average molecular weight is 310 g/mol. The van der Waals surface area contributed by atoms with Crippen molar-refractivity contribution in [1.29, 1.82) is 0 Å². The molecular weight excluding hydrogens is 308 g/mol. The summed E-state index contributed by atoms with van der Waals surface area (Å²) in [4.78, 5) is 17.4. The molecule has 0 atom stereocenters. The van der Waals surface area contributed by atoms with Crippen molar-refractivity contribution in [2.24, 2.45) is 0 Å². The lowest BCUT2D eigenvalue weighted by Gasteiger charge is -2.18. The Morgan fingerprint density at radius 2 is 1.56 bits per heavy atom. The fourth-order valence-corrected chi connectivity index (χ4v) is 1.18. The minimum Gasteiger partial charge on any atom is -0.315 e. The molecule has 0 aliphatic rings. The first-order valence-electron chi connectivity index (χ1n) is 3.99. The topological polar surface area (TPSA) is 54.9 Å². The van der Waals surface area contributed by atoms with Gasteiger partial charge < -0.3 is 5.32 Å². The minimum absolute atomic E-state index is 0.568. The van der Waals surface area contributed by atoms with Crippen molar-refractivity contribution in [1.82, 2.24) is 9.97 Å². The largest absolute Gasteiger partial charge is 0.463 e. The van der Waals surface area contributed by atoms with Gasteiger partial charge in [-0.1, -0.05) is 23.2 Å². The number of halogens is 7. The summed E-state index contributed by atoms with van der Waals surface area (Å²) in [5, 5.41) is 0.0910. The Morgan fingerprint density at radius 1 is 1.11 bits per heavy atom. The number of aromatic nitrogens is 2. The first kappa shape index (κ1) is 14.8. The van der Waals surface area contributed by atoms with E-state index in [1.54, 1.807) is 0 Å². The smallest absolute Gasteiger partial charge is 0.315 e. The van der Waals surface area contributed by atoms with Crippen molar-refractivity contribution in [3.05, 3.63) is 16.6 Å². The highest BCUT2D eigenvalue weighted by molar-refractivity contribution is 6.38. The van der Waals surface area contributed by atoms with Crippen LogP contribution in [0.3, 0.4) is 0 Å². The van der Waals surface area contributed by atoms with Crippen molar-refractivity contribution < 1.29 is 26.7 Å². The summed E-state index contributed by atoms with van der Waals surface area (Å²) >= 11 is 10.7. The molecule has 1 aromatic heterocycles. The first-order valence-corrected chi connectivity index (χ1v) is 4.75. The normalized spacial score (nSPS) is 12.4. The van der Waals surface area contributed by atoms with E-state index in [0.717, 1.165) is 6.33 Å². The van der Waals surface area contributed by atoms with Gasteiger partial charge in [0, 0.05) is 0 Å². The van der Waals surface area contributed by atoms with Gasteiger partial charge >= 0.3 is 18.0 Å². The molecular formula is C7H2Cl2F5N3O. The second kappa shape index (κ2) is 4.81. The Labute approximate surface area is 106 Å². The van der Waals surface area contributed by atoms with Gasteiger partial charge in [-0.05, 0) is 0 Å². The van der Waals surface area contributed by atoms with Gasteiger partial charge in [0.25, 0.3) is 0 Å². The number of hydrogen-bond donors (Lipinski definition) is 1. The molecule has 1 N–H and O–H groups in total. The quantitative estimate of drug-likeness (QED) is 0.675. The summed E-state index contributed by atoms with van der Waals surface area (Å²) in [7, 11) is 0. The van der Waals surface area contributed by atoms with Gasteiger partial charge in [-0.2, -0.15) is 22.0 Å². The van der Waals surface area contributed by atoms with Crippen molar-refractivity contribution >= 4 is 34.8 Å². The van der Waals surface area contributed by atoms with E-state index in [-0.39, 0.29) is 0 Å². The Morgan fingerprint density at radius 3 is 1.94 bits per heavy atom. The highest BCUT2D eigenvalue weighted by Crippen LogP contribution is 2.37. The number of alkyl halides is 5. The van der Waals surface area contributed by atoms with E-state index < -0.39 is 34.0 Å². The zero-order valence-electron chi connectivity index (χ0n) is 8.03.